The molecule has 1 atom stereocenters. The Kier molecular flexibility index (Phi) is 7.28. The Bertz CT molecular complexity index is 646. The standard InChI is InChI=1S/C16H15Cl4NO2/c17-11-3-10(4-12(18)5-11)7-21-8-13(22)9-23-14-1-2-15(19)16(20)6-14/h1-6,13,21-22H,7-9H2. The summed E-state index contributed by atoms with van der Waals surface area (Å²) in [4.78, 5) is 0. The summed E-state index contributed by atoms with van der Waals surface area (Å²) < 4.78 is 5.47. The van der Waals surface area contributed by atoms with E-state index in [-0.39, 0.29) is 6.61 Å². The Balaban J connectivity index is 1.74. The molecule has 3 nitrogen and oxygen atoms in total. The highest BCUT2D eigenvalue weighted by molar-refractivity contribution is 6.42. The molecule has 0 aliphatic heterocycles. The number of nitrogens with one attached hydrogen (secondary N) is 1. The van der Waals surface area contributed by atoms with E-state index in [0.717, 1.165) is 5.56 Å². The largest absolute Gasteiger partial charge is 0.491 e. The first-order valence-electron chi connectivity index (χ1n) is 6.85. The van der Waals surface area contributed by atoms with Gasteiger partial charge in [-0.25, -0.2) is 0 Å². The van der Waals surface area contributed by atoms with E-state index >= 15 is 0 Å². The lowest BCUT2D eigenvalue weighted by molar-refractivity contribution is 0.106. The fourth-order valence-electron chi connectivity index (χ4n) is 1.91. The van der Waals surface area contributed by atoms with Crippen molar-refractivity contribution in [3.63, 3.8) is 0 Å². The van der Waals surface area contributed by atoms with Crippen LogP contribution in [0.3, 0.4) is 0 Å². The van der Waals surface area contributed by atoms with Gasteiger partial charge in [0.25, 0.3) is 0 Å². The Morgan fingerprint density at radius 2 is 1.65 bits per heavy atom. The molecule has 0 aliphatic carbocycles. The molecule has 0 bridgehead atoms. The first-order chi connectivity index (χ1) is 10.9. The minimum atomic E-state index is -0.667. The molecule has 0 radical (unpaired) electrons. The van der Waals surface area contributed by atoms with Crippen molar-refractivity contribution >= 4 is 46.4 Å². The van der Waals surface area contributed by atoms with Crippen molar-refractivity contribution in [2.75, 3.05) is 13.2 Å². The number of rotatable bonds is 7. The van der Waals surface area contributed by atoms with Crippen LogP contribution in [0.15, 0.2) is 36.4 Å². The van der Waals surface area contributed by atoms with Gasteiger partial charge in [0.15, 0.2) is 0 Å². The third-order valence-electron chi connectivity index (χ3n) is 2.96. The average Bonchev–Trinajstić information content (AvgIpc) is 2.47. The van der Waals surface area contributed by atoms with Crippen LogP contribution in [0.25, 0.3) is 0 Å². The van der Waals surface area contributed by atoms with E-state index in [1.165, 1.54) is 0 Å². The van der Waals surface area contributed by atoms with Crippen LogP contribution in [-0.2, 0) is 6.54 Å². The van der Waals surface area contributed by atoms with Crippen LogP contribution >= 0.6 is 46.4 Å². The van der Waals surface area contributed by atoms with E-state index in [4.69, 9.17) is 51.1 Å². The van der Waals surface area contributed by atoms with Gasteiger partial charge in [-0.05, 0) is 35.9 Å². The number of aliphatic hydroxyl groups is 1. The van der Waals surface area contributed by atoms with Crippen molar-refractivity contribution in [3.8, 4) is 5.75 Å². The van der Waals surface area contributed by atoms with Crippen molar-refractivity contribution in [2.45, 2.75) is 12.6 Å². The molecule has 124 valence electrons. The monoisotopic (exact) mass is 393 g/mol. The molecule has 2 N–H and O–H groups in total. The fraction of sp³-hybridized carbons (Fsp3) is 0.250. The lowest BCUT2D eigenvalue weighted by atomic mass is 10.2. The normalized spacial score (nSPS) is 12.2. The molecule has 0 saturated heterocycles. The van der Waals surface area contributed by atoms with Gasteiger partial charge in [-0.3, -0.25) is 0 Å². The van der Waals surface area contributed by atoms with Crippen LogP contribution in [0.5, 0.6) is 5.75 Å². The minimum Gasteiger partial charge on any atom is -0.491 e. The second kappa shape index (κ2) is 8.97. The molecular formula is C16H15Cl4NO2. The molecule has 23 heavy (non-hydrogen) atoms. The molecule has 2 rings (SSSR count). The summed E-state index contributed by atoms with van der Waals surface area (Å²) in [6.45, 7) is 1.05. The number of benzene rings is 2. The maximum atomic E-state index is 9.92. The molecule has 7 heteroatoms. The van der Waals surface area contributed by atoms with Crippen molar-refractivity contribution in [3.05, 3.63) is 62.1 Å². The maximum absolute atomic E-state index is 9.92. The van der Waals surface area contributed by atoms with Crippen molar-refractivity contribution in [1.29, 1.82) is 0 Å². The van der Waals surface area contributed by atoms with Gasteiger partial charge >= 0.3 is 0 Å². The third-order valence-corrected chi connectivity index (χ3v) is 4.14. The van der Waals surface area contributed by atoms with E-state index in [2.05, 4.69) is 5.32 Å². The zero-order valence-corrected chi connectivity index (χ0v) is 15.1. The first-order valence-corrected chi connectivity index (χ1v) is 8.37. The van der Waals surface area contributed by atoms with Gasteiger partial charge in [0.05, 0.1) is 10.0 Å². The highest BCUT2D eigenvalue weighted by Gasteiger charge is 2.07. The SMILES string of the molecule is OC(CNCc1cc(Cl)cc(Cl)c1)COc1ccc(Cl)c(Cl)c1. The minimum absolute atomic E-state index is 0.140. The van der Waals surface area contributed by atoms with E-state index in [1.807, 2.05) is 12.1 Å². The molecule has 0 heterocycles. The van der Waals surface area contributed by atoms with Gasteiger partial charge in [0.2, 0.25) is 0 Å². The predicted molar refractivity (Wildman–Crippen MR) is 96.1 cm³/mol. The van der Waals surface area contributed by atoms with Crippen molar-refractivity contribution in [1.82, 2.24) is 5.32 Å². The first kappa shape index (κ1) is 18.7. The molecule has 0 fully saturated rings. The maximum Gasteiger partial charge on any atom is 0.121 e. The molecule has 2 aromatic carbocycles. The number of hydrogen-bond donors (Lipinski definition) is 2. The van der Waals surface area contributed by atoms with Gasteiger partial charge in [0.1, 0.15) is 18.5 Å². The van der Waals surface area contributed by atoms with Gasteiger partial charge in [-0.2, -0.15) is 0 Å². The van der Waals surface area contributed by atoms with Crippen molar-refractivity contribution in [2.24, 2.45) is 0 Å². The zero-order chi connectivity index (χ0) is 16.8. The highest BCUT2D eigenvalue weighted by Crippen LogP contribution is 2.26. The van der Waals surface area contributed by atoms with E-state index in [1.54, 1.807) is 24.3 Å². The summed E-state index contributed by atoms with van der Waals surface area (Å²) in [5.74, 6) is 0.556. The Labute approximate surface area is 155 Å². The Morgan fingerprint density at radius 3 is 2.30 bits per heavy atom. The van der Waals surface area contributed by atoms with Crippen LogP contribution in [0, 0.1) is 0 Å². The lowest BCUT2D eigenvalue weighted by Gasteiger charge is -2.14. The molecule has 0 saturated carbocycles. The number of ether oxygens (including phenoxy) is 1. The lowest BCUT2D eigenvalue weighted by Crippen LogP contribution is -2.31. The van der Waals surface area contributed by atoms with E-state index < -0.39 is 6.10 Å². The van der Waals surface area contributed by atoms with Gasteiger partial charge in [0, 0.05) is 29.2 Å². The smallest absolute Gasteiger partial charge is 0.121 e. The highest BCUT2D eigenvalue weighted by atomic mass is 35.5. The molecule has 0 spiro atoms. The summed E-state index contributed by atoms with van der Waals surface area (Å²) in [6.07, 6.45) is -0.667. The van der Waals surface area contributed by atoms with Crippen LogP contribution < -0.4 is 10.1 Å². The van der Waals surface area contributed by atoms with Gasteiger partial charge < -0.3 is 15.2 Å². The van der Waals surface area contributed by atoms with Crippen LogP contribution in [-0.4, -0.2) is 24.4 Å². The van der Waals surface area contributed by atoms with Crippen molar-refractivity contribution < 1.29 is 9.84 Å². The summed E-state index contributed by atoms with van der Waals surface area (Å²) in [7, 11) is 0. The Hall–Kier alpha value is -0.680. The van der Waals surface area contributed by atoms with Crippen LogP contribution in [0.2, 0.25) is 20.1 Å². The molecular weight excluding hydrogens is 380 g/mol. The average molecular weight is 395 g/mol. The summed E-state index contributed by atoms with van der Waals surface area (Å²) in [6, 6.07) is 10.3. The molecule has 0 aromatic heterocycles. The fourth-order valence-corrected chi connectivity index (χ4v) is 2.77. The van der Waals surface area contributed by atoms with Crippen LogP contribution in [0.1, 0.15) is 5.56 Å². The number of halogens is 4. The summed E-state index contributed by atoms with van der Waals surface area (Å²) in [5, 5.41) is 15.1. The van der Waals surface area contributed by atoms with E-state index in [0.29, 0.717) is 38.9 Å². The number of hydrogen-bond acceptors (Lipinski definition) is 3. The second-order valence-corrected chi connectivity index (χ2v) is 6.64. The quantitative estimate of drug-likeness (QED) is 0.706. The summed E-state index contributed by atoms with van der Waals surface area (Å²) >= 11 is 23.6. The topological polar surface area (TPSA) is 41.5 Å². The van der Waals surface area contributed by atoms with Gasteiger partial charge in [-0.15, -0.1) is 0 Å². The molecule has 0 amide bonds. The van der Waals surface area contributed by atoms with Crippen LogP contribution in [0.4, 0.5) is 0 Å². The molecule has 0 aliphatic rings. The summed E-state index contributed by atoms with van der Waals surface area (Å²) in [5.41, 5.74) is 0.945. The molecule has 1 unspecified atom stereocenters. The molecule has 2 aromatic rings. The number of aliphatic hydroxyl groups excluding tert-OH is 1. The Morgan fingerprint density at radius 1 is 0.957 bits per heavy atom. The predicted octanol–water partition coefficient (Wildman–Crippen LogP) is 4.83. The zero-order valence-electron chi connectivity index (χ0n) is 12.0. The van der Waals surface area contributed by atoms with Gasteiger partial charge in [-0.1, -0.05) is 46.4 Å². The second-order valence-electron chi connectivity index (χ2n) is 4.95. The van der Waals surface area contributed by atoms with E-state index in [9.17, 15) is 5.11 Å². The third kappa shape index (κ3) is 6.38.